The number of Topliss-reactive ketones (excluding diaryl/α,β-unsaturated/α-hetero) is 1. The zero-order valence-corrected chi connectivity index (χ0v) is 25.8. The van der Waals surface area contributed by atoms with E-state index in [-0.39, 0.29) is 75.0 Å². The van der Waals surface area contributed by atoms with Crippen LogP contribution in [0.1, 0.15) is 71.7 Å². The van der Waals surface area contributed by atoms with Crippen LogP contribution < -0.4 is 10.2 Å². The number of fused-ring (bicyclic) bond motifs is 3. The van der Waals surface area contributed by atoms with Crippen LogP contribution in [0.2, 0.25) is 0 Å². The van der Waals surface area contributed by atoms with E-state index < -0.39 is 102 Å². The number of nitrogens with one attached hydrogen (secondary N) is 1. The summed E-state index contributed by atoms with van der Waals surface area (Å²) in [6.45, 7) is 0.382. The molecule has 15 nitrogen and oxygen atoms in total. The number of phenols is 2. The van der Waals surface area contributed by atoms with Crippen LogP contribution in [0, 0.1) is 0 Å². The van der Waals surface area contributed by atoms with E-state index >= 15 is 0 Å². The Morgan fingerprint density at radius 1 is 1.14 bits per heavy atom. The number of methoxy groups -OCH3 is 1. The van der Waals surface area contributed by atoms with Crippen LogP contribution in [0.15, 0.2) is 18.2 Å². The van der Waals surface area contributed by atoms with E-state index in [0.29, 0.717) is 0 Å². The molecule has 2 aromatic carbocycles. The van der Waals surface area contributed by atoms with E-state index in [1.54, 1.807) is 0 Å². The Labute approximate surface area is 282 Å². The summed E-state index contributed by atoms with van der Waals surface area (Å²) in [6.07, 6.45) is -8.04. The summed E-state index contributed by atoms with van der Waals surface area (Å²) in [7, 11) is 1.29. The van der Waals surface area contributed by atoms with Gasteiger partial charge in [0.05, 0.1) is 48.2 Å². The summed E-state index contributed by atoms with van der Waals surface area (Å²) in [5, 5.41) is 63.1. The second kappa shape index (κ2) is 12.9. The molecule has 0 aromatic heterocycles. The number of phenolic OH excluding ortho intramolecular Hbond substituents is 2. The molecule has 234 valence electrons. The minimum Gasteiger partial charge on any atom is -1.00 e. The molecule has 1 fully saturated rings. The van der Waals surface area contributed by atoms with Crippen molar-refractivity contribution in [1.82, 2.24) is 5.48 Å². The predicted octanol–water partition coefficient (Wildman–Crippen LogP) is 0.0860. The maximum absolute atomic E-state index is 13.7. The van der Waals surface area contributed by atoms with Crippen molar-refractivity contribution in [1.29, 1.82) is 0 Å². The Kier molecular flexibility index (Phi) is 9.95. The fourth-order valence-corrected chi connectivity index (χ4v) is 5.96. The molecule has 1 saturated heterocycles. The molecule has 1 heterocycles. The first-order valence-electron chi connectivity index (χ1n) is 13.2. The summed E-state index contributed by atoms with van der Waals surface area (Å²) >= 11 is 0. The standard InChI is InChI=1S/C28H29NO14.Ca.2H/c1-10-22(32)13(29-43-27(37)38)6-17(41-10)42-15-8-28(39,16(31)9-30)7-12-19(15)26(36)21-20(24(12)34)23(33)11-4-3-5-14(40-2)18(11)25(21)35;;;/h3-5,10,13,15,17,22,29-30,32,34,36,39H,6-9H2,1-2H3,(H,37,38);;;/q;+2;2*-1/t10?,13?,15-,17?,22?,28-;;;/m0.../s1. The number of aliphatic hydroxyl groups excluding tert-OH is 2. The first kappa shape index (κ1) is 34.0. The molecule has 0 amide bonds. The van der Waals surface area contributed by atoms with Gasteiger partial charge in [-0.3, -0.25) is 14.4 Å². The normalized spacial score (nSPS) is 27.3. The van der Waals surface area contributed by atoms with Gasteiger partial charge < -0.3 is 52.5 Å². The van der Waals surface area contributed by atoms with Crippen LogP contribution in [0.3, 0.4) is 0 Å². The van der Waals surface area contributed by atoms with Crippen LogP contribution in [-0.2, 0) is 25.5 Å². The molecule has 0 radical (unpaired) electrons. The maximum atomic E-state index is 13.7. The number of carboxylic acid groups (broad SMARTS) is 1. The summed E-state index contributed by atoms with van der Waals surface area (Å²) < 4.78 is 17.0. The van der Waals surface area contributed by atoms with Crippen LogP contribution in [0.5, 0.6) is 17.2 Å². The Balaban J connectivity index is 0.00000245. The molecule has 0 spiro atoms. The average molecular weight is 646 g/mol. The van der Waals surface area contributed by atoms with Gasteiger partial charge in [-0.15, -0.1) is 5.48 Å². The minimum absolute atomic E-state index is 0. The van der Waals surface area contributed by atoms with Gasteiger partial charge in [0.15, 0.2) is 17.9 Å². The fraction of sp³-hybridized carbons (Fsp3) is 0.429. The third kappa shape index (κ3) is 5.68. The molecule has 44 heavy (non-hydrogen) atoms. The molecular weight excluding hydrogens is 614 g/mol. The van der Waals surface area contributed by atoms with Crippen LogP contribution >= 0.6 is 0 Å². The maximum Gasteiger partial charge on any atom is 2.00 e. The van der Waals surface area contributed by atoms with E-state index in [1.165, 1.54) is 32.2 Å². The largest absolute Gasteiger partial charge is 2.00 e. The third-order valence-corrected chi connectivity index (χ3v) is 8.06. The number of carbonyl (C=O) groups is 4. The molecule has 16 heteroatoms. The van der Waals surface area contributed by atoms with Gasteiger partial charge in [0.1, 0.15) is 29.5 Å². The zero-order chi connectivity index (χ0) is 31.4. The summed E-state index contributed by atoms with van der Waals surface area (Å²) in [5.41, 5.74) is -1.92. The number of carbonyl (C=O) groups excluding carboxylic acids is 3. The van der Waals surface area contributed by atoms with Crippen molar-refractivity contribution in [3.63, 3.8) is 0 Å². The SMILES string of the molecule is COc1cccc2c1C(=O)c1c(O)c3c(c(O)c1C2=O)C[C@@](O)(C(=O)CO)C[C@@H]3OC1CC(NOC(=O)O)C(O)C(C)O1.[Ca+2].[H-].[H-]. The number of benzene rings is 2. The second-order valence-corrected chi connectivity index (χ2v) is 10.6. The summed E-state index contributed by atoms with van der Waals surface area (Å²) in [4.78, 5) is 55.2. The topological polar surface area (TPSA) is 239 Å². The molecule has 2 aromatic rings. The van der Waals surface area contributed by atoms with Gasteiger partial charge in [-0.2, -0.15) is 0 Å². The van der Waals surface area contributed by atoms with Crippen molar-refractivity contribution in [2.45, 2.75) is 62.4 Å². The van der Waals surface area contributed by atoms with E-state index in [9.17, 15) is 44.7 Å². The molecule has 6 atom stereocenters. The summed E-state index contributed by atoms with van der Waals surface area (Å²) in [6, 6.07) is 3.24. The summed E-state index contributed by atoms with van der Waals surface area (Å²) in [5.74, 6) is -4.14. The van der Waals surface area contributed by atoms with E-state index in [2.05, 4.69) is 10.3 Å². The van der Waals surface area contributed by atoms with Crippen LogP contribution in [0.4, 0.5) is 4.79 Å². The molecule has 1 aliphatic heterocycles. The van der Waals surface area contributed by atoms with Gasteiger partial charge in [-0.25, -0.2) is 4.79 Å². The Morgan fingerprint density at radius 2 is 1.82 bits per heavy atom. The van der Waals surface area contributed by atoms with Crippen molar-refractivity contribution in [3.05, 3.63) is 51.6 Å². The fourth-order valence-electron chi connectivity index (χ4n) is 5.96. The quantitative estimate of drug-likeness (QED) is 0.102. The molecule has 0 bridgehead atoms. The van der Waals surface area contributed by atoms with Gasteiger partial charge in [-0.1, -0.05) is 12.1 Å². The monoisotopic (exact) mass is 645 g/mol. The Hall–Kier alpha value is -2.86. The first-order valence-corrected chi connectivity index (χ1v) is 13.2. The Bertz CT molecular complexity index is 1540. The van der Waals surface area contributed by atoms with Gasteiger partial charge >= 0.3 is 43.9 Å². The van der Waals surface area contributed by atoms with Crippen molar-refractivity contribution in [2.24, 2.45) is 0 Å². The Morgan fingerprint density at radius 3 is 2.45 bits per heavy atom. The minimum atomic E-state index is -2.34. The van der Waals surface area contributed by atoms with Crippen molar-refractivity contribution in [3.8, 4) is 17.2 Å². The number of hydroxylamine groups is 1. The number of aromatic hydroxyl groups is 2. The number of hydrogen-bond acceptors (Lipinski definition) is 14. The number of hydrogen-bond donors (Lipinski definition) is 7. The van der Waals surface area contributed by atoms with Crippen molar-refractivity contribution < 1.29 is 71.7 Å². The molecule has 7 N–H and O–H groups in total. The van der Waals surface area contributed by atoms with E-state index in [4.69, 9.17) is 19.3 Å². The van der Waals surface area contributed by atoms with Gasteiger partial charge in [-0.05, 0) is 13.0 Å². The second-order valence-electron chi connectivity index (χ2n) is 10.6. The number of aliphatic hydroxyl groups is 3. The molecule has 0 saturated carbocycles. The molecule has 4 unspecified atom stereocenters. The van der Waals surface area contributed by atoms with Crippen molar-refractivity contribution in [2.75, 3.05) is 13.7 Å². The first-order chi connectivity index (χ1) is 20.3. The molecular formula is C28H31CaNO14. The van der Waals surface area contributed by atoms with Gasteiger partial charge in [0, 0.05) is 36.0 Å². The van der Waals surface area contributed by atoms with Crippen LogP contribution in [0.25, 0.3) is 0 Å². The van der Waals surface area contributed by atoms with Crippen molar-refractivity contribution >= 4 is 61.2 Å². The van der Waals surface area contributed by atoms with E-state index in [1.807, 2.05) is 0 Å². The van der Waals surface area contributed by atoms with Gasteiger partial charge in [0.2, 0.25) is 5.78 Å². The smallest absolute Gasteiger partial charge is 1.00 e. The van der Waals surface area contributed by atoms with E-state index in [0.717, 1.165) is 0 Å². The number of ketones is 3. The number of rotatable bonds is 7. The third-order valence-electron chi connectivity index (χ3n) is 8.06. The number of ether oxygens (including phenoxy) is 3. The molecule has 3 aliphatic rings. The molecule has 5 rings (SSSR count). The van der Waals surface area contributed by atoms with Gasteiger partial charge in [0.25, 0.3) is 0 Å². The predicted molar refractivity (Wildman–Crippen MR) is 148 cm³/mol. The average Bonchev–Trinajstić information content (AvgIpc) is 2.97. The van der Waals surface area contributed by atoms with Crippen LogP contribution in [-0.4, -0.2) is 136 Å². The zero-order valence-electron chi connectivity index (χ0n) is 25.6. The molecule has 2 aliphatic carbocycles.